The summed E-state index contributed by atoms with van der Waals surface area (Å²) in [5.41, 5.74) is 0.376. The Bertz CT molecular complexity index is 584. The third-order valence-corrected chi connectivity index (χ3v) is 2.90. The van der Waals surface area contributed by atoms with E-state index in [-0.39, 0.29) is 5.56 Å². The molecule has 0 aromatic heterocycles. The maximum absolute atomic E-state index is 13.7. The average molecular weight is 278 g/mol. The van der Waals surface area contributed by atoms with Crippen LogP contribution >= 0.6 is 0 Å². The van der Waals surface area contributed by atoms with Crippen LogP contribution in [-0.4, -0.2) is 11.7 Å². The van der Waals surface area contributed by atoms with Gasteiger partial charge in [0, 0.05) is 5.56 Å². The third-order valence-electron chi connectivity index (χ3n) is 2.90. The lowest BCUT2D eigenvalue weighted by Gasteiger charge is -2.14. The second-order valence-electron chi connectivity index (χ2n) is 4.49. The van der Waals surface area contributed by atoms with Gasteiger partial charge >= 0.3 is 0 Å². The summed E-state index contributed by atoms with van der Waals surface area (Å²) >= 11 is 0. The van der Waals surface area contributed by atoms with Gasteiger partial charge in [0.15, 0.2) is 0 Å². The minimum absolute atomic E-state index is 0.0855. The number of halogens is 2. The van der Waals surface area contributed by atoms with Gasteiger partial charge in [0.05, 0.1) is 6.61 Å². The van der Waals surface area contributed by atoms with E-state index in [2.05, 4.69) is 0 Å². The van der Waals surface area contributed by atoms with Crippen LogP contribution in [0.3, 0.4) is 0 Å². The van der Waals surface area contributed by atoms with Gasteiger partial charge in [0.2, 0.25) is 0 Å². The molecule has 0 aliphatic carbocycles. The summed E-state index contributed by atoms with van der Waals surface area (Å²) in [4.78, 5) is 0. The van der Waals surface area contributed by atoms with Crippen LogP contribution in [-0.2, 0) is 0 Å². The van der Waals surface area contributed by atoms with Gasteiger partial charge in [-0.3, -0.25) is 0 Å². The molecule has 0 amide bonds. The van der Waals surface area contributed by atoms with E-state index < -0.39 is 17.7 Å². The van der Waals surface area contributed by atoms with Crippen LogP contribution in [0.4, 0.5) is 8.78 Å². The second-order valence-corrected chi connectivity index (χ2v) is 4.49. The lowest BCUT2D eigenvalue weighted by atomic mass is 10.0. The van der Waals surface area contributed by atoms with Gasteiger partial charge in [0.1, 0.15) is 23.5 Å². The summed E-state index contributed by atoms with van der Waals surface area (Å²) in [5.74, 6) is -0.627. The van der Waals surface area contributed by atoms with E-state index in [0.717, 1.165) is 24.6 Å². The first kappa shape index (κ1) is 14.5. The highest BCUT2D eigenvalue weighted by atomic mass is 19.1. The number of hydrogen-bond acceptors (Lipinski definition) is 2. The quantitative estimate of drug-likeness (QED) is 0.900. The molecular weight excluding hydrogens is 262 g/mol. The average Bonchev–Trinajstić information content (AvgIpc) is 2.47. The van der Waals surface area contributed by atoms with E-state index in [0.29, 0.717) is 17.9 Å². The lowest BCUT2D eigenvalue weighted by Crippen LogP contribution is -2.04. The smallest absolute Gasteiger partial charge is 0.129 e. The molecule has 0 fully saturated rings. The fourth-order valence-corrected chi connectivity index (χ4v) is 1.90. The molecule has 0 bridgehead atoms. The van der Waals surface area contributed by atoms with Gasteiger partial charge in [-0.15, -0.1) is 0 Å². The molecule has 1 unspecified atom stereocenters. The van der Waals surface area contributed by atoms with Gasteiger partial charge in [0.25, 0.3) is 0 Å². The molecule has 2 aromatic carbocycles. The Morgan fingerprint density at radius 1 is 1.15 bits per heavy atom. The van der Waals surface area contributed by atoms with Crippen LogP contribution in [0.15, 0.2) is 42.5 Å². The molecule has 0 radical (unpaired) electrons. The Hall–Kier alpha value is -1.94. The van der Waals surface area contributed by atoms with Crippen molar-refractivity contribution in [1.29, 1.82) is 0 Å². The van der Waals surface area contributed by atoms with Gasteiger partial charge in [-0.25, -0.2) is 8.78 Å². The molecule has 0 spiro atoms. The van der Waals surface area contributed by atoms with Crippen molar-refractivity contribution < 1.29 is 18.6 Å². The van der Waals surface area contributed by atoms with E-state index in [1.54, 1.807) is 24.3 Å². The molecule has 2 nitrogen and oxygen atoms in total. The summed E-state index contributed by atoms with van der Waals surface area (Å²) in [6.07, 6.45) is -0.360. The van der Waals surface area contributed by atoms with E-state index in [9.17, 15) is 13.9 Å². The molecular formula is C16H16F2O2. The molecule has 0 saturated carbocycles. The van der Waals surface area contributed by atoms with E-state index in [1.165, 1.54) is 0 Å². The van der Waals surface area contributed by atoms with Gasteiger partial charge in [-0.1, -0.05) is 19.1 Å². The maximum atomic E-state index is 13.7. The first-order valence-corrected chi connectivity index (χ1v) is 6.47. The lowest BCUT2D eigenvalue weighted by molar-refractivity contribution is 0.213. The van der Waals surface area contributed by atoms with Crippen molar-refractivity contribution in [3.63, 3.8) is 0 Å². The van der Waals surface area contributed by atoms with Crippen LogP contribution < -0.4 is 4.74 Å². The monoisotopic (exact) mass is 278 g/mol. The zero-order chi connectivity index (χ0) is 14.5. The van der Waals surface area contributed by atoms with Crippen LogP contribution in [0.25, 0.3) is 0 Å². The molecule has 0 aliphatic rings. The molecule has 1 N–H and O–H groups in total. The van der Waals surface area contributed by atoms with Crippen molar-refractivity contribution >= 4 is 0 Å². The first-order chi connectivity index (χ1) is 9.61. The summed E-state index contributed by atoms with van der Waals surface area (Å²) in [5, 5.41) is 10.2. The number of hydrogen-bond donors (Lipinski definition) is 1. The van der Waals surface area contributed by atoms with Crippen molar-refractivity contribution in [3.05, 3.63) is 65.2 Å². The summed E-state index contributed by atoms with van der Waals surface area (Å²) < 4.78 is 32.3. The normalized spacial score (nSPS) is 12.2. The molecule has 2 rings (SSSR count). The van der Waals surface area contributed by atoms with E-state index in [1.807, 2.05) is 6.92 Å². The van der Waals surface area contributed by atoms with Crippen molar-refractivity contribution in [2.75, 3.05) is 6.61 Å². The van der Waals surface area contributed by atoms with E-state index >= 15 is 0 Å². The van der Waals surface area contributed by atoms with Gasteiger partial charge in [-0.2, -0.15) is 0 Å². The standard InChI is InChI=1S/C16H16F2O2/c1-2-8-20-13-5-3-4-11(9-13)16(19)14-10-12(17)6-7-15(14)18/h3-7,9-10,16,19H,2,8H2,1H3. The van der Waals surface area contributed by atoms with E-state index in [4.69, 9.17) is 4.74 Å². The Balaban J connectivity index is 2.28. The highest BCUT2D eigenvalue weighted by Crippen LogP contribution is 2.27. The summed E-state index contributed by atoms with van der Waals surface area (Å²) in [7, 11) is 0. The fraction of sp³-hybridized carbons (Fsp3) is 0.250. The third kappa shape index (κ3) is 3.33. The molecule has 20 heavy (non-hydrogen) atoms. The Morgan fingerprint density at radius 3 is 2.70 bits per heavy atom. The number of benzene rings is 2. The Kier molecular flexibility index (Phi) is 4.69. The van der Waals surface area contributed by atoms with Crippen molar-refractivity contribution in [3.8, 4) is 5.75 Å². The molecule has 1 atom stereocenters. The molecule has 4 heteroatoms. The topological polar surface area (TPSA) is 29.5 Å². The SMILES string of the molecule is CCCOc1cccc(C(O)c2cc(F)ccc2F)c1. The van der Waals surface area contributed by atoms with Crippen LogP contribution in [0.2, 0.25) is 0 Å². The Morgan fingerprint density at radius 2 is 1.95 bits per heavy atom. The van der Waals surface area contributed by atoms with Gasteiger partial charge < -0.3 is 9.84 Å². The molecule has 106 valence electrons. The molecule has 2 aromatic rings. The zero-order valence-corrected chi connectivity index (χ0v) is 11.1. The van der Waals surface area contributed by atoms with Crippen molar-refractivity contribution in [2.45, 2.75) is 19.4 Å². The fourth-order valence-electron chi connectivity index (χ4n) is 1.90. The highest BCUT2D eigenvalue weighted by molar-refractivity contribution is 5.36. The van der Waals surface area contributed by atoms with Crippen LogP contribution in [0, 0.1) is 11.6 Å². The molecule has 0 saturated heterocycles. The Labute approximate surface area is 116 Å². The summed E-state index contributed by atoms with van der Waals surface area (Å²) in [6, 6.07) is 9.77. The summed E-state index contributed by atoms with van der Waals surface area (Å²) in [6.45, 7) is 2.55. The number of aliphatic hydroxyl groups excluding tert-OH is 1. The van der Waals surface area contributed by atoms with Crippen molar-refractivity contribution in [2.24, 2.45) is 0 Å². The number of rotatable bonds is 5. The maximum Gasteiger partial charge on any atom is 0.129 e. The van der Waals surface area contributed by atoms with Gasteiger partial charge in [-0.05, 0) is 42.3 Å². The first-order valence-electron chi connectivity index (χ1n) is 6.47. The van der Waals surface area contributed by atoms with Crippen LogP contribution in [0.5, 0.6) is 5.75 Å². The number of ether oxygens (including phenoxy) is 1. The second kappa shape index (κ2) is 6.48. The largest absolute Gasteiger partial charge is 0.494 e. The molecule has 0 aliphatic heterocycles. The number of aliphatic hydroxyl groups is 1. The molecule has 0 heterocycles. The predicted molar refractivity (Wildman–Crippen MR) is 72.6 cm³/mol. The highest BCUT2D eigenvalue weighted by Gasteiger charge is 2.16. The predicted octanol–water partition coefficient (Wildman–Crippen LogP) is 3.84. The van der Waals surface area contributed by atoms with Crippen LogP contribution in [0.1, 0.15) is 30.6 Å². The minimum atomic E-state index is -1.23. The minimum Gasteiger partial charge on any atom is -0.494 e. The zero-order valence-electron chi connectivity index (χ0n) is 11.1. The van der Waals surface area contributed by atoms with Crippen molar-refractivity contribution in [1.82, 2.24) is 0 Å².